The van der Waals surface area contributed by atoms with E-state index in [2.05, 4.69) is 5.32 Å². The van der Waals surface area contributed by atoms with Crippen LogP contribution in [0.3, 0.4) is 0 Å². The molecule has 1 rings (SSSR count). The van der Waals surface area contributed by atoms with E-state index in [1.807, 2.05) is 32.0 Å². The summed E-state index contributed by atoms with van der Waals surface area (Å²) in [5, 5.41) is 3.07. The van der Waals surface area contributed by atoms with Gasteiger partial charge in [0.1, 0.15) is 6.04 Å². The topological polar surface area (TPSA) is 81.1 Å². The first kappa shape index (κ1) is 11.5. The van der Waals surface area contributed by atoms with Crippen LogP contribution in [0.2, 0.25) is 0 Å². The molecule has 0 spiro atoms. The van der Waals surface area contributed by atoms with Crippen LogP contribution in [0, 0.1) is 13.8 Å². The third-order valence-electron chi connectivity index (χ3n) is 2.40. The van der Waals surface area contributed by atoms with E-state index in [9.17, 15) is 4.79 Å². The number of aryl methyl sites for hydroxylation is 2. The fraction of sp³-hybridized carbons (Fsp3) is 0.364. The van der Waals surface area contributed by atoms with Crippen molar-refractivity contribution in [2.45, 2.75) is 19.9 Å². The van der Waals surface area contributed by atoms with Crippen molar-refractivity contribution in [3.63, 3.8) is 0 Å². The Morgan fingerprint density at radius 2 is 2.07 bits per heavy atom. The number of benzene rings is 1. The van der Waals surface area contributed by atoms with Gasteiger partial charge < -0.3 is 16.8 Å². The largest absolute Gasteiger partial charge is 0.383 e. The maximum atomic E-state index is 10.7. The van der Waals surface area contributed by atoms with Crippen LogP contribution in [0.4, 0.5) is 5.69 Å². The Balaban J connectivity index is 2.58. The zero-order valence-corrected chi connectivity index (χ0v) is 9.08. The third kappa shape index (κ3) is 3.25. The number of carbonyl (C=O) groups excluding carboxylic acids is 1. The van der Waals surface area contributed by atoms with E-state index in [0.29, 0.717) is 6.54 Å². The minimum atomic E-state index is -0.647. The van der Waals surface area contributed by atoms with Crippen LogP contribution in [0.15, 0.2) is 18.2 Å². The Morgan fingerprint density at radius 1 is 1.40 bits per heavy atom. The molecular formula is C11H17N3O. The molecule has 0 saturated carbocycles. The molecule has 1 atom stereocenters. The summed E-state index contributed by atoms with van der Waals surface area (Å²) in [7, 11) is 0. The van der Waals surface area contributed by atoms with Gasteiger partial charge in [0.05, 0.1) is 0 Å². The lowest BCUT2D eigenvalue weighted by molar-refractivity contribution is -0.118. The Labute approximate surface area is 89.6 Å². The number of nitrogens with one attached hydrogen (secondary N) is 1. The molecule has 15 heavy (non-hydrogen) atoms. The summed E-state index contributed by atoms with van der Waals surface area (Å²) in [5.74, 6) is -0.494. The minimum absolute atomic E-state index is 0.359. The van der Waals surface area contributed by atoms with Crippen LogP contribution in [0.25, 0.3) is 0 Å². The van der Waals surface area contributed by atoms with Crippen molar-refractivity contribution in [3.05, 3.63) is 29.3 Å². The Hall–Kier alpha value is -1.55. The molecule has 0 fully saturated rings. The zero-order chi connectivity index (χ0) is 11.4. The van der Waals surface area contributed by atoms with Gasteiger partial charge in [-0.25, -0.2) is 0 Å². The van der Waals surface area contributed by atoms with Crippen molar-refractivity contribution in [1.29, 1.82) is 0 Å². The minimum Gasteiger partial charge on any atom is -0.383 e. The number of primary amides is 1. The van der Waals surface area contributed by atoms with Gasteiger partial charge in [-0.15, -0.1) is 0 Å². The molecule has 0 radical (unpaired) electrons. The predicted molar refractivity (Wildman–Crippen MR) is 61.6 cm³/mol. The molecule has 0 aromatic heterocycles. The highest BCUT2D eigenvalue weighted by atomic mass is 16.1. The zero-order valence-electron chi connectivity index (χ0n) is 9.08. The van der Waals surface area contributed by atoms with Crippen molar-refractivity contribution in [1.82, 2.24) is 0 Å². The number of rotatable bonds is 4. The van der Waals surface area contributed by atoms with Gasteiger partial charge in [0.25, 0.3) is 0 Å². The Bertz CT molecular complexity index is 363. The summed E-state index contributed by atoms with van der Waals surface area (Å²) in [6.07, 6.45) is 0. The summed E-state index contributed by atoms with van der Waals surface area (Å²) in [4.78, 5) is 10.7. The van der Waals surface area contributed by atoms with Crippen LogP contribution in [0.5, 0.6) is 0 Å². The Morgan fingerprint density at radius 3 is 2.60 bits per heavy atom. The van der Waals surface area contributed by atoms with Crippen LogP contribution < -0.4 is 16.8 Å². The summed E-state index contributed by atoms with van der Waals surface area (Å²) >= 11 is 0. The molecule has 1 aromatic carbocycles. The van der Waals surface area contributed by atoms with Gasteiger partial charge in [0, 0.05) is 12.2 Å². The molecule has 4 heteroatoms. The van der Waals surface area contributed by atoms with Crippen molar-refractivity contribution in [2.24, 2.45) is 11.5 Å². The SMILES string of the molecule is Cc1ccc(NCC(N)C(N)=O)cc1C. The number of amides is 1. The average molecular weight is 207 g/mol. The van der Waals surface area contributed by atoms with Crippen LogP contribution >= 0.6 is 0 Å². The van der Waals surface area contributed by atoms with Crippen molar-refractivity contribution in [2.75, 3.05) is 11.9 Å². The summed E-state index contributed by atoms with van der Waals surface area (Å²) < 4.78 is 0. The highest BCUT2D eigenvalue weighted by Crippen LogP contribution is 2.13. The predicted octanol–water partition coefficient (Wildman–Crippen LogP) is 0.528. The summed E-state index contributed by atoms with van der Waals surface area (Å²) in [6, 6.07) is 5.35. The van der Waals surface area contributed by atoms with Gasteiger partial charge >= 0.3 is 0 Å². The lowest BCUT2D eigenvalue weighted by Gasteiger charge is -2.11. The Kier molecular flexibility index (Phi) is 3.68. The first-order chi connectivity index (χ1) is 7.00. The number of hydrogen-bond acceptors (Lipinski definition) is 3. The highest BCUT2D eigenvalue weighted by Gasteiger charge is 2.08. The monoisotopic (exact) mass is 207 g/mol. The molecule has 1 aromatic rings. The first-order valence-corrected chi connectivity index (χ1v) is 4.86. The van der Waals surface area contributed by atoms with Gasteiger partial charge in [-0.05, 0) is 37.1 Å². The molecular weight excluding hydrogens is 190 g/mol. The van der Waals surface area contributed by atoms with E-state index < -0.39 is 11.9 Å². The maximum Gasteiger partial charge on any atom is 0.236 e. The normalized spacial score (nSPS) is 12.2. The van der Waals surface area contributed by atoms with Crippen LogP contribution in [-0.4, -0.2) is 18.5 Å². The molecule has 0 heterocycles. The van der Waals surface area contributed by atoms with E-state index in [-0.39, 0.29) is 0 Å². The van der Waals surface area contributed by atoms with Crippen LogP contribution in [-0.2, 0) is 4.79 Å². The number of nitrogens with two attached hydrogens (primary N) is 2. The molecule has 0 aliphatic carbocycles. The van der Waals surface area contributed by atoms with E-state index in [1.165, 1.54) is 11.1 Å². The summed E-state index contributed by atoms with van der Waals surface area (Å²) in [6.45, 7) is 4.45. The second-order valence-electron chi connectivity index (χ2n) is 3.69. The molecule has 82 valence electrons. The quantitative estimate of drug-likeness (QED) is 0.673. The summed E-state index contributed by atoms with van der Waals surface area (Å²) in [5.41, 5.74) is 13.9. The lowest BCUT2D eigenvalue weighted by Crippen LogP contribution is -2.41. The van der Waals surface area contributed by atoms with E-state index in [0.717, 1.165) is 5.69 Å². The third-order valence-corrected chi connectivity index (χ3v) is 2.40. The number of hydrogen-bond donors (Lipinski definition) is 3. The van der Waals surface area contributed by atoms with Gasteiger partial charge in [0.15, 0.2) is 0 Å². The lowest BCUT2D eigenvalue weighted by atomic mass is 10.1. The number of anilines is 1. The van der Waals surface area contributed by atoms with Gasteiger partial charge in [0.2, 0.25) is 5.91 Å². The van der Waals surface area contributed by atoms with E-state index in [1.54, 1.807) is 0 Å². The van der Waals surface area contributed by atoms with Crippen molar-refractivity contribution in [3.8, 4) is 0 Å². The number of carbonyl (C=O) groups is 1. The highest BCUT2D eigenvalue weighted by molar-refractivity contribution is 5.80. The molecule has 0 bridgehead atoms. The van der Waals surface area contributed by atoms with Gasteiger partial charge in [-0.1, -0.05) is 6.07 Å². The second-order valence-corrected chi connectivity index (χ2v) is 3.69. The second kappa shape index (κ2) is 4.79. The maximum absolute atomic E-state index is 10.7. The van der Waals surface area contributed by atoms with Crippen molar-refractivity contribution < 1.29 is 4.79 Å². The van der Waals surface area contributed by atoms with Crippen LogP contribution in [0.1, 0.15) is 11.1 Å². The first-order valence-electron chi connectivity index (χ1n) is 4.86. The smallest absolute Gasteiger partial charge is 0.236 e. The van der Waals surface area contributed by atoms with E-state index in [4.69, 9.17) is 11.5 Å². The fourth-order valence-electron chi connectivity index (χ4n) is 1.18. The average Bonchev–Trinajstić information content (AvgIpc) is 2.19. The molecule has 1 amide bonds. The molecule has 4 nitrogen and oxygen atoms in total. The van der Waals surface area contributed by atoms with Gasteiger partial charge in [-0.3, -0.25) is 4.79 Å². The molecule has 0 aliphatic heterocycles. The fourth-order valence-corrected chi connectivity index (χ4v) is 1.18. The van der Waals surface area contributed by atoms with Crippen molar-refractivity contribution >= 4 is 11.6 Å². The molecule has 0 aliphatic rings. The van der Waals surface area contributed by atoms with Gasteiger partial charge in [-0.2, -0.15) is 0 Å². The standard InChI is InChI=1S/C11H17N3O/c1-7-3-4-9(5-8(7)2)14-6-10(12)11(13)15/h3-5,10,14H,6,12H2,1-2H3,(H2,13,15). The molecule has 0 saturated heterocycles. The van der Waals surface area contributed by atoms with E-state index >= 15 is 0 Å². The molecule has 1 unspecified atom stereocenters. The molecule has 5 N–H and O–H groups in total.